The highest BCUT2D eigenvalue weighted by Crippen LogP contribution is 2.29. The lowest BCUT2D eigenvalue weighted by Crippen LogP contribution is -2.15. The van der Waals surface area contributed by atoms with Crippen LogP contribution in [0.3, 0.4) is 0 Å². The Morgan fingerprint density at radius 2 is 1.69 bits per heavy atom. The minimum atomic E-state index is -4.62. The third-order valence-electron chi connectivity index (χ3n) is 4.14. The third-order valence-corrected chi connectivity index (χ3v) is 4.14. The van der Waals surface area contributed by atoms with Gasteiger partial charge in [-0.05, 0) is 30.5 Å². The largest absolute Gasteiger partial charge is 0.453 e. The molecule has 2 aromatic heterocycles. The van der Waals surface area contributed by atoms with E-state index in [9.17, 15) is 13.2 Å². The lowest BCUT2D eigenvalue weighted by atomic mass is 10.1. The van der Waals surface area contributed by atoms with E-state index < -0.39 is 12.0 Å². The average molecular weight is 365 g/mol. The molecule has 0 aliphatic rings. The fourth-order valence-corrected chi connectivity index (χ4v) is 2.58. The van der Waals surface area contributed by atoms with Gasteiger partial charge in [-0.25, -0.2) is 0 Å². The molecule has 138 valence electrons. The zero-order valence-corrected chi connectivity index (χ0v) is 14.6. The van der Waals surface area contributed by atoms with Crippen molar-refractivity contribution in [3.8, 4) is 0 Å². The van der Waals surface area contributed by atoms with Crippen LogP contribution in [0.2, 0.25) is 0 Å². The van der Waals surface area contributed by atoms with Crippen LogP contribution in [0.4, 0.5) is 19.0 Å². The van der Waals surface area contributed by atoms with Crippen molar-refractivity contribution in [3.63, 3.8) is 0 Å². The van der Waals surface area contributed by atoms with E-state index in [1.54, 1.807) is 21.0 Å². The molecule has 0 aliphatic carbocycles. The second kappa shape index (κ2) is 6.91. The Bertz CT molecular complexity index is 919. The molecule has 9 heteroatoms. The van der Waals surface area contributed by atoms with Crippen molar-refractivity contribution >= 4 is 11.5 Å². The van der Waals surface area contributed by atoms with Crippen molar-refractivity contribution in [2.75, 3.05) is 12.4 Å². The smallest absolute Gasteiger partial charge is 0.380 e. The number of halogens is 3. The highest BCUT2D eigenvalue weighted by Gasteiger charge is 2.38. The molecule has 0 atom stereocenters. The van der Waals surface area contributed by atoms with Crippen molar-refractivity contribution in [1.82, 2.24) is 19.8 Å². The molecule has 2 heterocycles. The van der Waals surface area contributed by atoms with Gasteiger partial charge in [0.25, 0.3) is 5.82 Å². The summed E-state index contributed by atoms with van der Waals surface area (Å²) in [7, 11) is 1.63. The first-order chi connectivity index (χ1) is 12.3. The van der Waals surface area contributed by atoms with E-state index in [1.165, 1.54) is 0 Å². The summed E-state index contributed by atoms with van der Waals surface area (Å²) in [5.41, 5.74) is 3.45. The normalized spacial score (nSPS) is 11.9. The Balaban J connectivity index is 1.88. The van der Waals surface area contributed by atoms with Gasteiger partial charge >= 0.3 is 6.18 Å². The lowest BCUT2D eigenvalue weighted by molar-refractivity contribution is -0.146. The van der Waals surface area contributed by atoms with Crippen molar-refractivity contribution in [2.24, 2.45) is 0 Å². The summed E-state index contributed by atoms with van der Waals surface area (Å²) in [6, 6.07) is 7.75. The quantitative estimate of drug-likeness (QED) is 0.750. The third kappa shape index (κ3) is 3.48. The number of rotatable bonds is 5. The monoisotopic (exact) mass is 365 g/mol. The number of fused-ring (bicyclic) bond motifs is 1. The molecular formula is C17H18F3N5O. The number of nitrogens with zero attached hydrogens (tertiary/aromatic N) is 4. The first-order valence-electron chi connectivity index (χ1n) is 7.91. The van der Waals surface area contributed by atoms with E-state index in [-0.39, 0.29) is 5.65 Å². The molecule has 1 aromatic carbocycles. The van der Waals surface area contributed by atoms with Gasteiger partial charge in [0.2, 0.25) is 0 Å². The SMILES string of the molecule is COCc1ccc(CNc2nn3c(C(F)(F)F)nnc3c(C)c2C)cc1. The minimum Gasteiger partial charge on any atom is -0.380 e. The van der Waals surface area contributed by atoms with Crippen LogP contribution in [0.1, 0.15) is 28.1 Å². The van der Waals surface area contributed by atoms with Gasteiger partial charge in [-0.3, -0.25) is 0 Å². The highest BCUT2D eigenvalue weighted by atomic mass is 19.4. The predicted octanol–water partition coefficient (Wildman–Crippen LogP) is 3.52. The summed E-state index contributed by atoms with van der Waals surface area (Å²) in [4.78, 5) is 0. The van der Waals surface area contributed by atoms with Crippen LogP contribution in [-0.4, -0.2) is 26.9 Å². The molecule has 3 rings (SSSR count). The molecule has 3 aromatic rings. The molecule has 0 radical (unpaired) electrons. The van der Waals surface area contributed by atoms with Crippen LogP contribution < -0.4 is 5.32 Å². The summed E-state index contributed by atoms with van der Waals surface area (Å²) in [6.45, 7) is 4.44. The van der Waals surface area contributed by atoms with Crippen LogP contribution in [-0.2, 0) is 24.1 Å². The molecule has 1 N–H and O–H groups in total. The van der Waals surface area contributed by atoms with Crippen LogP contribution in [0.15, 0.2) is 24.3 Å². The summed E-state index contributed by atoms with van der Waals surface area (Å²) in [5.74, 6) is -0.774. The molecule has 0 fully saturated rings. The maximum absolute atomic E-state index is 13.1. The molecule has 0 aliphatic heterocycles. The Morgan fingerprint density at radius 3 is 2.31 bits per heavy atom. The fraction of sp³-hybridized carbons (Fsp3) is 0.353. The molecule has 0 unspecified atom stereocenters. The van der Waals surface area contributed by atoms with Gasteiger partial charge in [0, 0.05) is 19.2 Å². The topological polar surface area (TPSA) is 64.3 Å². The van der Waals surface area contributed by atoms with E-state index in [0.717, 1.165) is 21.2 Å². The maximum atomic E-state index is 13.1. The maximum Gasteiger partial charge on any atom is 0.453 e. The van der Waals surface area contributed by atoms with Gasteiger partial charge in [-0.1, -0.05) is 24.3 Å². The van der Waals surface area contributed by atoms with Gasteiger partial charge in [0.15, 0.2) is 11.5 Å². The standard InChI is InChI=1S/C17H18F3N5O/c1-10-11(2)15-22-23-16(17(18,19)20)25(15)24-14(10)21-8-12-4-6-13(7-5-12)9-26-3/h4-7H,8-9H2,1-3H3,(H,21,24). The number of aromatic nitrogens is 4. The summed E-state index contributed by atoms with van der Waals surface area (Å²) in [6.07, 6.45) is -4.62. The van der Waals surface area contributed by atoms with Crippen LogP contribution in [0.25, 0.3) is 5.65 Å². The Kier molecular flexibility index (Phi) is 4.82. The molecule has 0 bridgehead atoms. The summed E-state index contributed by atoms with van der Waals surface area (Å²) in [5, 5.41) is 14.0. The van der Waals surface area contributed by atoms with Crippen molar-refractivity contribution in [1.29, 1.82) is 0 Å². The predicted molar refractivity (Wildman–Crippen MR) is 89.7 cm³/mol. The number of hydrogen-bond donors (Lipinski definition) is 1. The number of hydrogen-bond acceptors (Lipinski definition) is 5. The molecule has 6 nitrogen and oxygen atoms in total. The van der Waals surface area contributed by atoms with Gasteiger partial charge in [-0.15, -0.1) is 15.3 Å². The molecule has 26 heavy (non-hydrogen) atoms. The van der Waals surface area contributed by atoms with E-state index in [1.807, 2.05) is 24.3 Å². The number of methoxy groups -OCH3 is 1. The number of nitrogens with one attached hydrogen (secondary N) is 1. The zero-order chi connectivity index (χ0) is 18.9. The zero-order valence-electron chi connectivity index (χ0n) is 14.6. The Labute approximate surface area is 148 Å². The minimum absolute atomic E-state index is 0.101. The molecule has 0 saturated carbocycles. The van der Waals surface area contributed by atoms with E-state index in [4.69, 9.17) is 4.74 Å². The lowest BCUT2D eigenvalue weighted by Gasteiger charge is -2.13. The van der Waals surface area contributed by atoms with Crippen molar-refractivity contribution in [2.45, 2.75) is 33.2 Å². The fourth-order valence-electron chi connectivity index (χ4n) is 2.58. The second-order valence-electron chi connectivity index (χ2n) is 5.96. The number of ether oxygens (including phenoxy) is 1. The number of alkyl halides is 3. The number of aryl methyl sites for hydroxylation is 1. The molecule has 0 amide bonds. The van der Waals surface area contributed by atoms with Crippen LogP contribution in [0, 0.1) is 13.8 Å². The van der Waals surface area contributed by atoms with E-state index in [0.29, 0.717) is 24.5 Å². The van der Waals surface area contributed by atoms with E-state index >= 15 is 0 Å². The van der Waals surface area contributed by atoms with Crippen molar-refractivity contribution < 1.29 is 17.9 Å². The number of benzene rings is 1. The molecule has 0 saturated heterocycles. The number of anilines is 1. The summed E-state index contributed by atoms with van der Waals surface area (Å²) >= 11 is 0. The molecule has 0 spiro atoms. The summed E-state index contributed by atoms with van der Waals surface area (Å²) < 4.78 is 45.0. The molecular weight excluding hydrogens is 347 g/mol. The van der Waals surface area contributed by atoms with Gasteiger partial charge in [0.05, 0.1) is 6.61 Å². The average Bonchev–Trinajstić information content (AvgIpc) is 3.03. The Hall–Kier alpha value is -2.68. The first-order valence-corrected chi connectivity index (χ1v) is 7.91. The van der Waals surface area contributed by atoms with Gasteiger partial charge in [-0.2, -0.15) is 17.7 Å². The van der Waals surface area contributed by atoms with Crippen LogP contribution >= 0.6 is 0 Å². The van der Waals surface area contributed by atoms with Gasteiger partial charge in [0.1, 0.15) is 0 Å². The second-order valence-corrected chi connectivity index (χ2v) is 5.96. The van der Waals surface area contributed by atoms with E-state index in [2.05, 4.69) is 20.6 Å². The highest BCUT2D eigenvalue weighted by molar-refractivity contribution is 5.58. The van der Waals surface area contributed by atoms with Crippen molar-refractivity contribution in [3.05, 3.63) is 52.3 Å². The van der Waals surface area contributed by atoms with Gasteiger partial charge < -0.3 is 10.1 Å². The Morgan fingerprint density at radius 1 is 1.04 bits per heavy atom. The first kappa shape index (κ1) is 18.1. The van der Waals surface area contributed by atoms with Crippen LogP contribution in [0.5, 0.6) is 0 Å².